The summed E-state index contributed by atoms with van der Waals surface area (Å²) >= 11 is 16.4. The van der Waals surface area contributed by atoms with Crippen LogP contribution in [0.5, 0.6) is 5.75 Å². The second-order valence-corrected chi connectivity index (χ2v) is 8.72. The Bertz CT molecular complexity index is 964. The van der Waals surface area contributed by atoms with Crippen molar-refractivity contribution in [2.75, 3.05) is 6.54 Å². The Kier molecular flexibility index (Phi) is 7.10. The lowest BCUT2D eigenvalue weighted by Crippen LogP contribution is -2.28. The van der Waals surface area contributed by atoms with Crippen LogP contribution in [0.4, 0.5) is 4.79 Å². The standard InChI is InChI=1S/C20H16BrCl2NO3S/c1-2-7-24-19(25)18(28-20(24)26)10-12-4-6-17(14(21)8-12)27-11-13-3-5-15(22)16(23)9-13/h3-6,8-10H,2,7,11H2,1H3/b18-10+. The topological polar surface area (TPSA) is 46.6 Å². The fourth-order valence-corrected chi connectivity index (χ4v) is 4.28. The van der Waals surface area contributed by atoms with Gasteiger partial charge in [-0.05, 0) is 75.6 Å². The van der Waals surface area contributed by atoms with Gasteiger partial charge in [0.25, 0.3) is 11.1 Å². The van der Waals surface area contributed by atoms with Gasteiger partial charge in [0.05, 0.1) is 19.4 Å². The molecular formula is C20H16BrCl2NO3S. The van der Waals surface area contributed by atoms with Crippen LogP contribution in [0.3, 0.4) is 0 Å². The Morgan fingerprint density at radius 1 is 1.14 bits per heavy atom. The number of imide groups is 1. The smallest absolute Gasteiger partial charge is 0.293 e. The Hall–Kier alpha value is -1.47. The van der Waals surface area contributed by atoms with Crippen molar-refractivity contribution in [3.63, 3.8) is 0 Å². The van der Waals surface area contributed by atoms with Crippen molar-refractivity contribution in [1.29, 1.82) is 0 Å². The molecule has 0 aliphatic carbocycles. The number of thioether (sulfide) groups is 1. The van der Waals surface area contributed by atoms with Crippen LogP contribution >= 0.6 is 50.9 Å². The first-order valence-electron chi connectivity index (χ1n) is 8.50. The zero-order valence-corrected chi connectivity index (χ0v) is 18.8. The van der Waals surface area contributed by atoms with E-state index in [1.807, 2.05) is 31.2 Å². The fourth-order valence-electron chi connectivity index (χ4n) is 2.58. The van der Waals surface area contributed by atoms with Crippen molar-refractivity contribution in [3.05, 3.63) is 66.9 Å². The number of rotatable bonds is 6. The third-order valence-corrected chi connectivity index (χ3v) is 6.22. The molecule has 1 aliphatic heterocycles. The van der Waals surface area contributed by atoms with E-state index < -0.39 is 0 Å². The van der Waals surface area contributed by atoms with E-state index in [9.17, 15) is 9.59 Å². The summed E-state index contributed by atoms with van der Waals surface area (Å²) in [5.41, 5.74) is 1.70. The van der Waals surface area contributed by atoms with Crippen molar-refractivity contribution in [1.82, 2.24) is 4.90 Å². The molecule has 1 saturated heterocycles. The molecule has 1 fully saturated rings. The highest BCUT2D eigenvalue weighted by Crippen LogP contribution is 2.34. The zero-order chi connectivity index (χ0) is 20.3. The molecule has 0 atom stereocenters. The van der Waals surface area contributed by atoms with Gasteiger partial charge in [-0.3, -0.25) is 14.5 Å². The van der Waals surface area contributed by atoms with Crippen LogP contribution in [0.2, 0.25) is 10.0 Å². The van der Waals surface area contributed by atoms with Crippen LogP contribution in [-0.2, 0) is 11.4 Å². The first-order valence-corrected chi connectivity index (χ1v) is 10.9. The van der Waals surface area contributed by atoms with Crippen molar-refractivity contribution in [2.45, 2.75) is 20.0 Å². The third-order valence-electron chi connectivity index (χ3n) is 3.95. The molecular weight excluding hydrogens is 485 g/mol. The number of nitrogens with zero attached hydrogens (tertiary/aromatic N) is 1. The van der Waals surface area contributed by atoms with Gasteiger partial charge in [-0.15, -0.1) is 0 Å². The summed E-state index contributed by atoms with van der Waals surface area (Å²) in [6.07, 6.45) is 2.45. The van der Waals surface area contributed by atoms with Crippen molar-refractivity contribution in [2.24, 2.45) is 0 Å². The quantitative estimate of drug-likeness (QED) is 0.410. The van der Waals surface area contributed by atoms with Gasteiger partial charge >= 0.3 is 0 Å². The van der Waals surface area contributed by atoms with E-state index in [1.165, 1.54) is 4.90 Å². The first kappa shape index (κ1) is 21.2. The van der Waals surface area contributed by atoms with Crippen LogP contribution in [0.25, 0.3) is 6.08 Å². The van der Waals surface area contributed by atoms with Gasteiger partial charge in [0, 0.05) is 6.54 Å². The minimum absolute atomic E-state index is 0.223. The lowest BCUT2D eigenvalue weighted by atomic mass is 10.2. The second-order valence-electron chi connectivity index (χ2n) is 6.06. The minimum atomic E-state index is -0.243. The molecule has 0 N–H and O–H groups in total. The second kappa shape index (κ2) is 9.35. The van der Waals surface area contributed by atoms with Gasteiger partial charge in [0.15, 0.2) is 0 Å². The molecule has 0 spiro atoms. The highest BCUT2D eigenvalue weighted by molar-refractivity contribution is 9.10. The minimum Gasteiger partial charge on any atom is -0.488 e. The molecule has 1 heterocycles. The third kappa shape index (κ3) is 4.92. The molecule has 28 heavy (non-hydrogen) atoms. The highest BCUT2D eigenvalue weighted by Gasteiger charge is 2.34. The van der Waals surface area contributed by atoms with Gasteiger partial charge < -0.3 is 4.74 Å². The number of halogens is 3. The molecule has 146 valence electrons. The maximum absolute atomic E-state index is 12.3. The monoisotopic (exact) mass is 499 g/mol. The molecule has 0 radical (unpaired) electrons. The summed E-state index contributed by atoms with van der Waals surface area (Å²) in [6, 6.07) is 10.8. The summed E-state index contributed by atoms with van der Waals surface area (Å²) < 4.78 is 6.57. The molecule has 0 aromatic heterocycles. The van der Waals surface area contributed by atoms with Crippen LogP contribution < -0.4 is 4.74 Å². The molecule has 1 aliphatic rings. The van der Waals surface area contributed by atoms with Crippen molar-refractivity contribution < 1.29 is 14.3 Å². The van der Waals surface area contributed by atoms with Gasteiger partial charge in [-0.25, -0.2) is 0 Å². The van der Waals surface area contributed by atoms with E-state index in [4.69, 9.17) is 27.9 Å². The van der Waals surface area contributed by atoms with E-state index in [0.717, 1.165) is 33.8 Å². The van der Waals surface area contributed by atoms with Crippen LogP contribution in [0, 0.1) is 0 Å². The van der Waals surface area contributed by atoms with Gasteiger partial charge in [-0.2, -0.15) is 0 Å². The normalized spacial score (nSPS) is 15.6. The Labute approximate surface area is 186 Å². The number of ether oxygens (including phenoxy) is 1. The number of benzene rings is 2. The molecule has 2 aromatic rings. The summed E-state index contributed by atoms with van der Waals surface area (Å²) in [4.78, 5) is 26.0. The van der Waals surface area contributed by atoms with Gasteiger partial charge in [0.1, 0.15) is 12.4 Å². The van der Waals surface area contributed by atoms with E-state index in [1.54, 1.807) is 18.2 Å². The molecule has 8 heteroatoms. The Balaban J connectivity index is 1.71. The largest absolute Gasteiger partial charge is 0.488 e. The van der Waals surface area contributed by atoms with Gasteiger partial charge in [0.2, 0.25) is 0 Å². The molecule has 2 aromatic carbocycles. The van der Waals surface area contributed by atoms with E-state index in [0.29, 0.717) is 33.9 Å². The molecule has 3 rings (SSSR count). The van der Waals surface area contributed by atoms with Gasteiger partial charge in [-0.1, -0.05) is 42.3 Å². The predicted octanol–water partition coefficient (Wildman–Crippen LogP) is 6.78. The molecule has 0 saturated carbocycles. The number of carbonyl (C=O) groups is 2. The lowest BCUT2D eigenvalue weighted by Gasteiger charge is -2.10. The number of carbonyl (C=O) groups excluding carboxylic acids is 2. The fraction of sp³-hybridized carbons (Fsp3) is 0.200. The summed E-state index contributed by atoms with van der Waals surface area (Å²) in [5.74, 6) is 0.412. The molecule has 2 amide bonds. The maximum atomic E-state index is 12.3. The highest BCUT2D eigenvalue weighted by atomic mass is 79.9. The van der Waals surface area contributed by atoms with Crippen molar-refractivity contribution >= 4 is 68.1 Å². The summed E-state index contributed by atoms with van der Waals surface area (Å²) in [5, 5.41) is 0.757. The lowest BCUT2D eigenvalue weighted by molar-refractivity contribution is -0.122. The maximum Gasteiger partial charge on any atom is 0.293 e. The number of amides is 2. The SMILES string of the molecule is CCCN1C(=O)S/C(=C/c2ccc(OCc3ccc(Cl)c(Cl)c3)c(Br)c2)C1=O. The molecule has 0 unspecified atom stereocenters. The van der Waals surface area contributed by atoms with Crippen molar-refractivity contribution in [3.8, 4) is 5.75 Å². The van der Waals surface area contributed by atoms with Crippen LogP contribution in [0.1, 0.15) is 24.5 Å². The van der Waals surface area contributed by atoms with E-state index >= 15 is 0 Å². The first-order chi connectivity index (χ1) is 13.4. The predicted molar refractivity (Wildman–Crippen MR) is 118 cm³/mol. The average Bonchev–Trinajstić information content (AvgIpc) is 2.91. The number of hydrogen-bond acceptors (Lipinski definition) is 4. The van der Waals surface area contributed by atoms with Crippen LogP contribution in [-0.4, -0.2) is 22.6 Å². The summed E-state index contributed by atoms with van der Waals surface area (Å²) in [7, 11) is 0. The van der Waals surface area contributed by atoms with E-state index in [-0.39, 0.29) is 11.1 Å². The molecule has 4 nitrogen and oxygen atoms in total. The zero-order valence-electron chi connectivity index (χ0n) is 14.9. The number of hydrogen-bond donors (Lipinski definition) is 0. The van der Waals surface area contributed by atoms with Crippen LogP contribution in [0.15, 0.2) is 45.8 Å². The molecule has 0 bridgehead atoms. The Morgan fingerprint density at radius 3 is 2.61 bits per heavy atom. The van der Waals surface area contributed by atoms with E-state index in [2.05, 4.69) is 15.9 Å². The summed E-state index contributed by atoms with van der Waals surface area (Å²) in [6.45, 7) is 2.71. The Morgan fingerprint density at radius 2 is 1.93 bits per heavy atom. The average molecular weight is 501 g/mol.